The summed E-state index contributed by atoms with van der Waals surface area (Å²) in [5.41, 5.74) is 11.2. The van der Waals surface area contributed by atoms with Gasteiger partial charge in [0.05, 0.1) is 11.5 Å². The van der Waals surface area contributed by atoms with Crippen LogP contribution in [0.25, 0.3) is 0 Å². The Bertz CT molecular complexity index is 1080. The zero-order valence-electron chi connectivity index (χ0n) is 17.2. The first-order chi connectivity index (χ1) is 15.8. The molecule has 1 aromatic heterocycles. The summed E-state index contributed by atoms with van der Waals surface area (Å²) >= 11 is 1.07. The molecule has 0 aliphatic carbocycles. The number of oxime groups is 1. The minimum Gasteiger partial charge on any atom is -0.534 e. The maximum Gasteiger partial charge on any atom is 0.547 e. The number of rotatable bonds is 9. The minimum atomic E-state index is -1.52. The number of carboxylic acid groups (broad SMARTS) is 1. The molecule has 1 aliphatic heterocycles. The van der Waals surface area contributed by atoms with E-state index in [1.165, 1.54) is 17.5 Å². The topological polar surface area (TPSA) is 211 Å². The van der Waals surface area contributed by atoms with Crippen LogP contribution in [-0.4, -0.2) is 71.4 Å². The molecule has 2 aromatic rings. The molecule has 0 radical (unpaired) electrons. The fourth-order valence-corrected chi connectivity index (χ4v) is 3.52. The van der Waals surface area contributed by atoms with E-state index in [1.807, 2.05) is 0 Å². The number of benzene rings is 1. The summed E-state index contributed by atoms with van der Waals surface area (Å²) in [7, 11) is -1.52. The third-order valence-electron chi connectivity index (χ3n) is 4.46. The summed E-state index contributed by atoms with van der Waals surface area (Å²) in [6, 6.07) is 4.52. The van der Waals surface area contributed by atoms with Gasteiger partial charge in [-0.15, -0.1) is 11.3 Å². The second-order valence-electron chi connectivity index (χ2n) is 6.81. The van der Waals surface area contributed by atoms with Crippen LogP contribution in [0.1, 0.15) is 21.6 Å². The monoisotopic (exact) mass is 476 g/mol. The smallest absolute Gasteiger partial charge is 0.534 e. The van der Waals surface area contributed by atoms with Gasteiger partial charge in [-0.3, -0.25) is 9.59 Å². The lowest BCUT2D eigenvalue weighted by Crippen LogP contribution is -2.54. The molecule has 1 unspecified atom stereocenters. The molecule has 1 aliphatic rings. The highest BCUT2D eigenvalue weighted by Gasteiger charge is 2.38. The van der Waals surface area contributed by atoms with Crippen molar-refractivity contribution in [2.45, 2.75) is 12.4 Å². The number of nitrogens with one attached hydrogen (secondary N) is 2. The third kappa shape index (κ3) is 5.97. The van der Waals surface area contributed by atoms with Crippen molar-refractivity contribution < 1.29 is 34.0 Å². The summed E-state index contributed by atoms with van der Waals surface area (Å²) in [5.74, 6) is -3.35. The molecule has 0 bridgehead atoms. The summed E-state index contributed by atoms with van der Waals surface area (Å²) in [6.07, 6.45) is 0.0954. The zero-order chi connectivity index (χ0) is 24.0. The average Bonchev–Trinajstić information content (AvgIpc) is 3.20. The fraction of sp³-hybridized carbons (Fsp3) is 0.278. The Morgan fingerprint density at radius 1 is 1.39 bits per heavy atom. The number of aromatic carboxylic acids is 1. The van der Waals surface area contributed by atoms with Gasteiger partial charge >= 0.3 is 13.1 Å². The standard InChI is InChI=1S/C18H21BN6O7S/c20-4-5-22-13(26)7-31-25-14(11-8-33-18(21)23-11)16(27)24-12-6-9-2-1-3-10(17(28)29)15(9)32-19(12)30/h1-3,8,12,30H,4-7,20H2,(H2,21,23)(H,22,26)(H,24,27)(H,28,29). The largest absolute Gasteiger partial charge is 0.547 e. The van der Waals surface area contributed by atoms with Crippen LogP contribution < -0.4 is 26.8 Å². The van der Waals surface area contributed by atoms with Gasteiger partial charge in [-0.05, 0) is 18.1 Å². The number of hydrogen-bond acceptors (Lipinski definition) is 11. The van der Waals surface area contributed by atoms with Gasteiger partial charge in [0.1, 0.15) is 11.4 Å². The molecule has 1 atom stereocenters. The number of carbonyl (C=O) groups is 3. The highest BCUT2D eigenvalue weighted by molar-refractivity contribution is 7.13. The number of nitrogens with two attached hydrogens (primary N) is 2. The van der Waals surface area contributed by atoms with Crippen LogP contribution in [0.3, 0.4) is 0 Å². The maximum atomic E-state index is 12.9. The number of carbonyl (C=O) groups excluding carboxylic acids is 2. The minimum absolute atomic E-state index is 0.0380. The third-order valence-corrected chi connectivity index (χ3v) is 5.14. The number of para-hydroxylation sites is 1. The van der Waals surface area contributed by atoms with Crippen molar-refractivity contribution in [1.29, 1.82) is 0 Å². The first-order valence-corrected chi connectivity index (χ1v) is 10.6. The van der Waals surface area contributed by atoms with Gasteiger partial charge in [0.25, 0.3) is 11.8 Å². The number of carboxylic acids is 1. The molecule has 0 saturated heterocycles. The van der Waals surface area contributed by atoms with Crippen molar-refractivity contribution in [3.05, 3.63) is 40.4 Å². The van der Waals surface area contributed by atoms with Gasteiger partial charge in [0.2, 0.25) is 0 Å². The van der Waals surface area contributed by atoms with Gasteiger partial charge in [-0.25, -0.2) is 9.78 Å². The van der Waals surface area contributed by atoms with Crippen LogP contribution in [0, 0.1) is 0 Å². The van der Waals surface area contributed by atoms with E-state index >= 15 is 0 Å². The Morgan fingerprint density at radius 2 is 2.18 bits per heavy atom. The second-order valence-corrected chi connectivity index (χ2v) is 7.70. The van der Waals surface area contributed by atoms with Crippen molar-refractivity contribution in [3.63, 3.8) is 0 Å². The molecule has 2 amide bonds. The summed E-state index contributed by atoms with van der Waals surface area (Å²) in [5, 5.41) is 30.1. The second kappa shape index (κ2) is 10.8. The van der Waals surface area contributed by atoms with Crippen molar-refractivity contribution in [2.75, 3.05) is 25.4 Å². The fourth-order valence-electron chi connectivity index (χ4n) is 2.97. The highest BCUT2D eigenvalue weighted by atomic mass is 32.1. The summed E-state index contributed by atoms with van der Waals surface area (Å²) < 4.78 is 5.37. The van der Waals surface area contributed by atoms with Gasteiger partial charge < -0.3 is 41.7 Å². The first-order valence-electron chi connectivity index (χ1n) is 9.69. The number of anilines is 1. The molecule has 0 spiro atoms. The number of amides is 2. The number of nitrogen functional groups attached to an aromatic ring is 1. The number of nitrogens with zero attached hydrogens (tertiary/aromatic N) is 2. The Morgan fingerprint density at radius 3 is 2.85 bits per heavy atom. The SMILES string of the molecule is NCCNC(=O)CON=C(C(=O)NC1Cc2cccc(C(=O)O)c2OB1O)c1csc(N)n1. The van der Waals surface area contributed by atoms with Crippen molar-refractivity contribution in [3.8, 4) is 5.75 Å². The number of hydrogen-bond donors (Lipinski definition) is 6. The molecule has 1 aromatic carbocycles. The molecular formula is C18H21BN6O7S. The molecule has 0 saturated carbocycles. The Kier molecular flexibility index (Phi) is 7.81. The van der Waals surface area contributed by atoms with Crippen LogP contribution in [0.2, 0.25) is 0 Å². The Hall–Kier alpha value is -3.69. The summed E-state index contributed by atoms with van der Waals surface area (Å²) in [4.78, 5) is 45.0. The molecule has 8 N–H and O–H groups in total. The highest BCUT2D eigenvalue weighted by Crippen LogP contribution is 2.30. The van der Waals surface area contributed by atoms with Gasteiger partial charge in [0, 0.05) is 18.5 Å². The molecule has 3 rings (SSSR count). The number of thiazole rings is 1. The van der Waals surface area contributed by atoms with Crippen LogP contribution in [0.4, 0.5) is 5.13 Å². The average molecular weight is 476 g/mol. The number of aromatic nitrogens is 1. The van der Waals surface area contributed by atoms with Crippen LogP contribution in [0.15, 0.2) is 28.7 Å². The molecule has 13 nitrogen and oxygen atoms in total. The Labute approximate surface area is 191 Å². The van der Waals surface area contributed by atoms with E-state index in [9.17, 15) is 24.5 Å². The van der Waals surface area contributed by atoms with Crippen molar-refractivity contribution >= 4 is 47.1 Å². The predicted molar refractivity (Wildman–Crippen MR) is 119 cm³/mol. The van der Waals surface area contributed by atoms with E-state index in [0.29, 0.717) is 5.56 Å². The van der Waals surface area contributed by atoms with E-state index in [0.717, 1.165) is 11.3 Å². The van der Waals surface area contributed by atoms with E-state index in [2.05, 4.69) is 20.8 Å². The van der Waals surface area contributed by atoms with Gasteiger partial charge in [-0.2, -0.15) is 0 Å². The van der Waals surface area contributed by atoms with E-state index < -0.39 is 37.5 Å². The van der Waals surface area contributed by atoms with Crippen LogP contribution in [0.5, 0.6) is 5.75 Å². The lowest BCUT2D eigenvalue weighted by atomic mass is 9.72. The predicted octanol–water partition coefficient (Wildman–Crippen LogP) is -1.64. The van der Waals surface area contributed by atoms with Crippen molar-refractivity contribution in [2.24, 2.45) is 10.9 Å². The maximum absolute atomic E-state index is 12.9. The lowest BCUT2D eigenvalue weighted by molar-refractivity contribution is -0.125. The Balaban J connectivity index is 1.75. The van der Waals surface area contributed by atoms with Gasteiger partial charge in [0.15, 0.2) is 17.5 Å². The quantitative estimate of drug-likeness (QED) is 0.138. The number of fused-ring (bicyclic) bond motifs is 1. The normalized spacial score (nSPS) is 15.3. The van der Waals surface area contributed by atoms with E-state index in [1.54, 1.807) is 6.07 Å². The van der Waals surface area contributed by atoms with E-state index in [-0.39, 0.29) is 47.4 Å². The van der Waals surface area contributed by atoms with Crippen LogP contribution >= 0.6 is 11.3 Å². The van der Waals surface area contributed by atoms with E-state index in [4.69, 9.17) is 21.0 Å². The van der Waals surface area contributed by atoms with Crippen LogP contribution in [-0.2, 0) is 20.8 Å². The van der Waals surface area contributed by atoms with Crippen molar-refractivity contribution in [1.82, 2.24) is 15.6 Å². The molecule has 33 heavy (non-hydrogen) atoms. The molecule has 15 heteroatoms. The molecular weight excluding hydrogens is 455 g/mol. The first kappa shape index (κ1) is 24.0. The zero-order valence-corrected chi connectivity index (χ0v) is 18.0. The van der Waals surface area contributed by atoms with Gasteiger partial charge in [-0.1, -0.05) is 17.3 Å². The molecule has 174 valence electrons. The summed E-state index contributed by atoms with van der Waals surface area (Å²) in [6.45, 7) is 0.0487. The molecule has 0 fully saturated rings. The molecule has 2 heterocycles. The lowest BCUT2D eigenvalue weighted by Gasteiger charge is -2.28.